The van der Waals surface area contributed by atoms with Gasteiger partial charge in [0.25, 0.3) is 0 Å². The van der Waals surface area contributed by atoms with Crippen LogP contribution in [0.25, 0.3) is 0 Å². The second-order valence-corrected chi connectivity index (χ2v) is 6.11. The Balaban J connectivity index is 1.79. The topological polar surface area (TPSA) is 62.4 Å². The van der Waals surface area contributed by atoms with Crippen LogP contribution in [0.5, 0.6) is 0 Å². The molecule has 2 heterocycles. The highest BCUT2D eigenvalue weighted by Gasteiger charge is 2.44. The van der Waals surface area contributed by atoms with Crippen molar-refractivity contribution in [1.82, 2.24) is 9.88 Å². The smallest absolute Gasteiger partial charge is 0.0583 e. The van der Waals surface area contributed by atoms with E-state index in [2.05, 4.69) is 28.9 Å². The van der Waals surface area contributed by atoms with Gasteiger partial charge in [-0.2, -0.15) is 0 Å². The van der Waals surface area contributed by atoms with Crippen molar-refractivity contribution in [3.63, 3.8) is 0 Å². The van der Waals surface area contributed by atoms with Gasteiger partial charge in [0.1, 0.15) is 0 Å². The van der Waals surface area contributed by atoms with Crippen LogP contribution in [0, 0.1) is 11.8 Å². The second-order valence-electron chi connectivity index (χ2n) is 6.11. The fourth-order valence-electron chi connectivity index (χ4n) is 3.91. The van der Waals surface area contributed by atoms with Crippen molar-refractivity contribution in [2.24, 2.45) is 17.6 Å². The third-order valence-electron chi connectivity index (χ3n) is 4.79. The van der Waals surface area contributed by atoms with Gasteiger partial charge in [0.15, 0.2) is 0 Å². The molecule has 1 saturated carbocycles. The summed E-state index contributed by atoms with van der Waals surface area (Å²) in [6, 6.07) is 4.43. The summed E-state index contributed by atoms with van der Waals surface area (Å²) in [5.74, 6) is 1.10. The molecule has 1 aromatic heterocycles. The van der Waals surface area contributed by atoms with E-state index < -0.39 is 0 Å². The minimum atomic E-state index is -0.110. The van der Waals surface area contributed by atoms with Gasteiger partial charge in [-0.3, -0.25) is 9.88 Å². The highest BCUT2D eigenvalue weighted by atomic mass is 16.3. The molecule has 1 aliphatic carbocycles. The summed E-state index contributed by atoms with van der Waals surface area (Å²) in [6.07, 6.45) is 5.68. The zero-order chi connectivity index (χ0) is 13.4. The summed E-state index contributed by atoms with van der Waals surface area (Å²) in [6.45, 7) is 4.10. The summed E-state index contributed by atoms with van der Waals surface area (Å²) in [5, 5.41) is 10.0. The Bertz CT molecular complexity index is 423. The lowest BCUT2D eigenvalue weighted by molar-refractivity contribution is 0.115. The predicted molar refractivity (Wildman–Crippen MR) is 74.4 cm³/mol. The van der Waals surface area contributed by atoms with E-state index in [9.17, 15) is 5.11 Å². The molecule has 3 rings (SSSR count). The Labute approximate surface area is 114 Å². The molecule has 2 aliphatic rings. The molecular formula is C15H23N3O. The van der Waals surface area contributed by atoms with Crippen molar-refractivity contribution in [3.8, 4) is 0 Å². The molecule has 0 radical (unpaired) electrons. The predicted octanol–water partition coefficient (Wildman–Crippen LogP) is 1.17. The van der Waals surface area contributed by atoms with Crippen LogP contribution in [0.2, 0.25) is 0 Å². The number of hydrogen-bond donors (Lipinski definition) is 2. The number of aromatic nitrogens is 1. The van der Waals surface area contributed by atoms with Crippen LogP contribution in [0.4, 0.5) is 0 Å². The first-order valence-corrected chi connectivity index (χ1v) is 7.24. The summed E-state index contributed by atoms with van der Waals surface area (Å²) in [5.41, 5.74) is 7.44. The van der Waals surface area contributed by atoms with Gasteiger partial charge < -0.3 is 10.8 Å². The van der Waals surface area contributed by atoms with E-state index in [0.717, 1.165) is 25.9 Å². The van der Waals surface area contributed by atoms with Crippen molar-refractivity contribution >= 4 is 0 Å². The highest BCUT2D eigenvalue weighted by molar-refractivity contribution is 5.18. The number of hydrogen-bond acceptors (Lipinski definition) is 4. The second kappa shape index (κ2) is 5.19. The van der Waals surface area contributed by atoms with E-state index in [1.165, 1.54) is 5.56 Å². The van der Waals surface area contributed by atoms with Crippen LogP contribution < -0.4 is 5.73 Å². The number of aliphatic hydroxyl groups excluding tert-OH is 1. The number of aliphatic hydroxyl groups is 1. The molecule has 104 valence electrons. The van der Waals surface area contributed by atoms with E-state index in [1.807, 2.05) is 12.4 Å². The molecule has 4 heteroatoms. The Kier molecular flexibility index (Phi) is 3.56. The third-order valence-corrected chi connectivity index (χ3v) is 4.79. The van der Waals surface area contributed by atoms with Gasteiger partial charge in [-0.15, -0.1) is 0 Å². The Hall–Kier alpha value is -0.970. The maximum absolute atomic E-state index is 10.0. The Morgan fingerprint density at radius 2 is 2.05 bits per heavy atom. The number of rotatable bonds is 3. The third kappa shape index (κ3) is 2.40. The van der Waals surface area contributed by atoms with Crippen LogP contribution in [0.1, 0.15) is 31.4 Å². The van der Waals surface area contributed by atoms with Gasteiger partial charge in [-0.25, -0.2) is 0 Å². The van der Waals surface area contributed by atoms with Crippen molar-refractivity contribution in [1.29, 1.82) is 0 Å². The normalized spacial score (nSPS) is 34.2. The summed E-state index contributed by atoms with van der Waals surface area (Å²) in [4.78, 5) is 6.54. The molecule has 1 saturated heterocycles. The molecular weight excluding hydrogens is 238 g/mol. The highest BCUT2D eigenvalue weighted by Crippen LogP contribution is 2.41. The van der Waals surface area contributed by atoms with E-state index in [4.69, 9.17) is 5.73 Å². The van der Waals surface area contributed by atoms with Gasteiger partial charge in [-0.1, -0.05) is 0 Å². The van der Waals surface area contributed by atoms with Crippen molar-refractivity contribution in [2.45, 2.75) is 38.0 Å². The molecule has 5 atom stereocenters. The van der Waals surface area contributed by atoms with Crippen molar-refractivity contribution < 1.29 is 5.11 Å². The molecule has 2 fully saturated rings. The van der Waals surface area contributed by atoms with Gasteiger partial charge in [0.05, 0.1) is 6.10 Å². The molecule has 1 aliphatic heterocycles. The van der Waals surface area contributed by atoms with E-state index in [1.54, 1.807) is 0 Å². The molecule has 0 amide bonds. The minimum Gasteiger partial charge on any atom is -0.393 e. The lowest BCUT2D eigenvalue weighted by atomic mass is 9.99. The molecule has 0 aromatic carbocycles. The first-order chi connectivity index (χ1) is 9.16. The Morgan fingerprint density at radius 3 is 2.68 bits per heavy atom. The number of likely N-dealkylation sites (tertiary alicyclic amines) is 1. The molecule has 4 nitrogen and oxygen atoms in total. The average Bonchev–Trinajstić information content (AvgIpc) is 2.94. The Morgan fingerprint density at radius 1 is 1.32 bits per heavy atom. The van der Waals surface area contributed by atoms with Gasteiger partial charge in [0, 0.05) is 43.5 Å². The van der Waals surface area contributed by atoms with Crippen LogP contribution in [0.15, 0.2) is 24.5 Å². The van der Waals surface area contributed by atoms with E-state index in [-0.39, 0.29) is 18.2 Å². The monoisotopic (exact) mass is 261 g/mol. The van der Waals surface area contributed by atoms with Crippen LogP contribution in [0.3, 0.4) is 0 Å². The maximum atomic E-state index is 10.0. The van der Waals surface area contributed by atoms with Gasteiger partial charge in [0.2, 0.25) is 0 Å². The first kappa shape index (κ1) is 13.0. The molecule has 1 aromatic rings. The quantitative estimate of drug-likeness (QED) is 0.857. The largest absolute Gasteiger partial charge is 0.393 e. The summed E-state index contributed by atoms with van der Waals surface area (Å²) >= 11 is 0. The lowest BCUT2D eigenvalue weighted by Gasteiger charge is -2.32. The fourth-order valence-corrected chi connectivity index (χ4v) is 3.91. The standard InChI is InChI=1S/C15H23N3O/c1-10(16)15(11-4-6-17-7-5-11)18-8-12-2-3-14(19)13(12)9-18/h4-7,10,12-15,19H,2-3,8-9,16H2,1H3. The fraction of sp³-hybridized carbons (Fsp3) is 0.667. The maximum Gasteiger partial charge on any atom is 0.0583 e. The zero-order valence-electron chi connectivity index (χ0n) is 11.4. The van der Waals surface area contributed by atoms with Gasteiger partial charge >= 0.3 is 0 Å². The molecule has 19 heavy (non-hydrogen) atoms. The van der Waals surface area contributed by atoms with Crippen LogP contribution >= 0.6 is 0 Å². The van der Waals surface area contributed by atoms with Crippen molar-refractivity contribution in [2.75, 3.05) is 13.1 Å². The van der Waals surface area contributed by atoms with E-state index >= 15 is 0 Å². The number of nitrogens with zero attached hydrogens (tertiary/aromatic N) is 2. The summed E-state index contributed by atoms with van der Waals surface area (Å²) < 4.78 is 0. The SMILES string of the molecule is CC(N)C(c1ccncc1)N1CC2CCC(O)C2C1. The van der Waals surface area contributed by atoms with E-state index in [0.29, 0.717) is 11.8 Å². The average molecular weight is 261 g/mol. The molecule has 0 spiro atoms. The van der Waals surface area contributed by atoms with Crippen LogP contribution in [-0.4, -0.2) is 40.2 Å². The molecule has 0 bridgehead atoms. The minimum absolute atomic E-state index is 0.0818. The zero-order valence-corrected chi connectivity index (χ0v) is 11.4. The van der Waals surface area contributed by atoms with Crippen molar-refractivity contribution in [3.05, 3.63) is 30.1 Å². The number of pyridine rings is 1. The molecule has 3 N–H and O–H groups in total. The number of nitrogens with two attached hydrogens (primary N) is 1. The first-order valence-electron chi connectivity index (χ1n) is 7.24. The van der Waals surface area contributed by atoms with Crippen LogP contribution in [-0.2, 0) is 0 Å². The lowest BCUT2D eigenvalue weighted by Crippen LogP contribution is -2.39. The molecule has 5 unspecified atom stereocenters. The number of fused-ring (bicyclic) bond motifs is 1. The summed E-state index contributed by atoms with van der Waals surface area (Å²) in [7, 11) is 0. The van der Waals surface area contributed by atoms with Gasteiger partial charge in [-0.05, 0) is 43.4 Å².